The van der Waals surface area contributed by atoms with E-state index in [1.165, 1.54) is 6.07 Å². The van der Waals surface area contributed by atoms with Crippen LogP contribution in [0.25, 0.3) is 0 Å². The van der Waals surface area contributed by atoms with Crippen LogP contribution in [0.3, 0.4) is 0 Å². The molecule has 0 bridgehead atoms. The standard InChI is InChI=1S/C8H9ClO2/c9-7-2-1-6(3-4-10)8(11)5-7/h1-2,5,10-11H,3-4H2. The molecule has 0 saturated heterocycles. The second-order valence-electron chi connectivity index (χ2n) is 2.25. The van der Waals surface area contributed by atoms with E-state index in [4.69, 9.17) is 16.7 Å². The zero-order chi connectivity index (χ0) is 8.27. The summed E-state index contributed by atoms with van der Waals surface area (Å²) in [5, 5.41) is 18.3. The van der Waals surface area contributed by atoms with Crippen molar-refractivity contribution in [2.75, 3.05) is 6.61 Å². The number of phenolic OH excluding ortho intramolecular Hbond substituents is 1. The van der Waals surface area contributed by atoms with Gasteiger partial charge in [-0.1, -0.05) is 17.7 Å². The number of benzene rings is 1. The summed E-state index contributed by atoms with van der Waals surface area (Å²) in [4.78, 5) is 0. The van der Waals surface area contributed by atoms with Gasteiger partial charge in [0.15, 0.2) is 0 Å². The molecule has 0 aliphatic carbocycles. The Morgan fingerprint density at radius 1 is 1.36 bits per heavy atom. The number of aliphatic hydroxyl groups is 1. The van der Waals surface area contributed by atoms with Crippen LogP contribution in [0.15, 0.2) is 18.2 Å². The van der Waals surface area contributed by atoms with Crippen molar-refractivity contribution in [3.8, 4) is 5.75 Å². The van der Waals surface area contributed by atoms with Gasteiger partial charge in [0.05, 0.1) is 0 Å². The van der Waals surface area contributed by atoms with Gasteiger partial charge < -0.3 is 10.2 Å². The lowest BCUT2D eigenvalue weighted by Gasteiger charge is -2.01. The van der Waals surface area contributed by atoms with Crippen LogP contribution in [0.4, 0.5) is 0 Å². The summed E-state index contributed by atoms with van der Waals surface area (Å²) in [7, 11) is 0. The molecule has 0 saturated carbocycles. The summed E-state index contributed by atoms with van der Waals surface area (Å²) >= 11 is 5.59. The molecule has 60 valence electrons. The minimum Gasteiger partial charge on any atom is -0.508 e. The predicted octanol–water partition coefficient (Wildman–Crippen LogP) is 1.58. The first-order chi connectivity index (χ1) is 5.24. The highest BCUT2D eigenvalue weighted by atomic mass is 35.5. The van der Waals surface area contributed by atoms with E-state index in [1.807, 2.05) is 0 Å². The molecule has 0 heterocycles. The molecule has 0 aromatic heterocycles. The number of hydrogen-bond donors (Lipinski definition) is 2. The maximum Gasteiger partial charge on any atom is 0.120 e. The average molecular weight is 173 g/mol. The highest BCUT2D eigenvalue weighted by molar-refractivity contribution is 6.30. The molecule has 1 aromatic rings. The molecular weight excluding hydrogens is 164 g/mol. The molecule has 0 fully saturated rings. The number of aromatic hydroxyl groups is 1. The number of rotatable bonds is 2. The fourth-order valence-corrected chi connectivity index (χ4v) is 1.04. The Bertz CT molecular complexity index is 248. The van der Waals surface area contributed by atoms with E-state index in [-0.39, 0.29) is 12.4 Å². The number of hydrogen-bond acceptors (Lipinski definition) is 2. The first-order valence-electron chi connectivity index (χ1n) is 3.32. The molecule has 3 heteroatoms. The maximum atomic E-state index is 9.23. The lowest BCUT2D eigenvalue weighted by Crippen LogP contribution is -1.90. The molecular formula is C8H9ClO2. The van der Waals surface area contributed by atoms with Gasteiger partial charge in [-0.05, 0) is 24.1 Å². The second kappa shape index (κ2) is 3.60. The van der Waals surface area contributed by atoms with E-state index in [2.05, 4.69) is 0 Å². The van der Waals surface area contributed by atoms with Crippen molar-refractivity contribution in [3.63, 3.8) is 0 Å². The molecule has 0 atom stereocenters. The van der Waals surface area contributed by atoms with E-state index in [0.717, 1.165) is 5.56 Å². The lowest BCUT2D eigenvalue weighted by molar-refractivity contribution is 0.297. The van der Waals surface area contributed by atoms with E-state index in [9.17, 15) is 5.11 Å². The molecule has 1 aromatic carbocycles. The number of phenols is 1. The van der Waals surface area contributed by atoms with E-state index >= 15 is 0 Å². The van der Waals surface area contributed by atoms with Crippen molar-refractivity contribution in [2.45, 2.75) is 6.42 Å². The van der Waals surface area contributed by atoms with Crippen LogP contribution in [0, 0.1) is 0 Å². The zero-order valence-electron chi connectivity index (χ0n) is 5.92. The first kappa shape index (κ1) is 8.37. The van der Waals surface area contributed by atoms with Gasteiger partial charge in [-0.2, -0.15) is 0 Å². The minimum atomic E-state index is 0.0369. The zero-order valence-corrected chi connectivity index (χ0v) is 6.67. The molecule has 11 heavy (non-hydrogen) atoms. The van der Waals surface area contributed by atoms with Crippen LogP contribution in [0.1, 0.15) is 5.56 Å². The SMILES string of the molecule is OCCc1ccc(Cl)cc1O. The summed E-state index contributed by atoms with van der Waals surface area (Å²) < 4.78 is 0. The summed E-state index contributed by atoms with van der Waals surface area (Å²) in [5.74, 6) is 0.145. The quantitative estimate of drug-likeness (QED) is 0.711. The van der Waals surface area contributed by atoms with Crippen LogP contribution in [-0.2, 0) is 6.42 Å². The normalized spacial score (nSPS) is 10.0. The first-order valence-corrected chi connectivity index (χ1v) is 3.70. The average Bonchev–Trinajstić information content (AvgIpc) is 1.95. The van der Waals surface area contributed by atoms with Crippen molar-refractivity contribution in [2.24, 2.45) is 0 Å². The molecule has 0 aliphatic heterocycles. The molecule has 0 unspecified atom stereocenters. The topological polar surface area (TPSA) is 40.5 Å². The summed E-state index contributed by atoms with van der Waals surface area (Å²) in [6, 6.07) is 4.85. The number of aliphatic hydroxyl groups excluding tert-OH is 1. The van der Waals surface area contributed by atoms with Crippen LogP contribution in [-0.4, -0.2) is 16.8 Å². The monoisotopic (exact) mass is 172 g/mol. The van der Waals surface area contributed by atoms with Gasteiger partial charge in [-0.3, -0.25) is 0 Å². The Morgan fingerprint density at radius 3 is 2.64 bits per heavy atom. The highest BCUT2D eigenvalue weighted by Crippen LogP contribution is 2.21. The van der Waals surface area contributed by atoms with Gasteiger partial charge in [0.2, 0.25) is 0 Å². The molecule has 0 radical (unpaired) electrons. The molecule has 2 nitrogen and oxygen atoms in total. The van der Waals surface area contributed by atoms with Gasteiger partial charge in [0, 0.05) is 11.6 Å². The van der Waals surface area contributed by atoms with Gasteiger partial charge >= 0.3 is 0 Å². The Hall–Kier alpha value is -0.730. The van der Waals surface area contributed by atoms with Gasteiger partial charge in [-0.25, -0.2) is 0 Å². The highest BCUT2D eigenvalue weighted by Gasteiger charge is 1.99. The fourth-order valence-electron chi connectivity index (χ4n) is 0.869. The Balaban J connectivity index is 2.90. The Kier molecular flexibility index (Phi) is 2.74. The van der Waals surface area contributed by atoms with Gasteiger partial charge in [-0.15, -0.1) is 0 Å². The lowest BCUT2D eigenvalue weighted by atomic mass is 10.1. The largest absolute Gasteiger partial charge is 0.508 e. The smallest absolute Gasteiger partial charge is 0.120 e. The summed E-state index contributed by atoms with van der Waals surface area (Å²) in [6.07, 6.45) is 0.461. The van der Waals surface area contributed by atoms with Crippen molar-refractivity contribution >= 4 is 11.6 Å². The van der Waals surface area contributed by atoms with Crippen molar-refractivity contribution in [1.82, 2.24) is 0 Å². The van der Waals surface area contributed by atoms with Crippen LogP contribution < -0.4 is 0 Å². The Labute approximate surface area is 70.1 Å². The maximum absolute atomic E-state index is 9.23. The van der Waals surface area contributed by atoms with E-state index in [1.54, 1.807) is 12.1 Å². The summed E-state index contributed by atoms with van der Waals surface area (Å²) in [5.41, 5.74) is 0.719. The van der Waals surface area contributed by atoms with Crippen LogP contribution in [0.2, 0.25) is 5.02 Å². The Morgan fingerprint density at radius 2 is 2.09 bits per heavy atom. The third-order valence-electron chi connectivity index (χ3n) is 1.43. The molecule has 0 spiro atoms. The number of halogens is 1. The van der Waals surface area contributed by atoms with Crippen molar-refractivity contribution in [3.05, 3.63) is 28.8 Å². The van der Waals surface area contributed by atoms with Crippen molar-refractivity contribution < 1.29 is 10.2 Å². The predicted molar refractivity (Wildman–Crippen MR) is 43.9 cm³/mol. The molecule has 1 rings (SSSR count). The summed E-state index contributed by atoms with van der Waals surface area (Å²) in [6.45, 7) is 0.0369. The third kappa shape index (κ3) is 2.10. The van der Waals surface area contributed by atoms with E-state index in [0.29, 0.717) is 11.4 Å². The van der Waals surface area contributed by atoms with Gasteiger partial charge in [0.1, 0.15) is 5.75 Å². The van der Waals surface area contributed by atoms with Crippen LogP contribution >= 0.6 is 11.6 Å². The molecule has 0 amide bonds. The fraction of sp³-hybridized carbons (Fsp3) is 0.250. The third-order valence-corrected chi connectivity index (χ3v) is 1.66. The minimum absolute atomic E-state index is 0.0369. The van der Waals surface area contributed by atoms with Gasteiger partial charge in [0.25, 0.3) is 0 Å². The second-order valence-corrected chi connectivity index (χ2v) is 2.68. The van der Waals surface area contributed by atoms with Crippen LogP contribution in [0.5, 0.6) is 5.75 Å². The van der Waals surface area contributed by atoms with E-state index < -0.39 is 0 Å². The molecule has 2 N–H and O–H groups in total. The molecule has 0 aliphatic rings. The van der Waals surface area contributed by atoms with Crippen molar-refractivity contribution in [1.29, 1.82) is 0 Å².